The molecule has 0 atom stereocenters. The maximum Gasteiger partial charge on any atom is 0.0282 e. The molecule has 1 heteroatoms. The Hall–Kier alpha value is -0.850. The van der Waals surface area contributed by atoms with Crippen molar-refractivity contribution in [2.24, 2.45) is 0 Å². The number of nitrogens with one attached hydrogen (secondary N) is 1. The van der Waals surface area contributed by atoms with Crippen LogP contribution in [0.25, 0.3) is 0 Å². The summed E-state index contributed by atoms with van der Waals surface area (Å²) in [6, 6.07) is 0. The quantitative estimate of drug-likeness (QED) is 0.399. The van der Waals surface area contributed by atoms with Gasteiger partial charge in [-0.1, -0.05) is 18.7 Å². The molecule has 0 unspecified atom stereocenters. The SMILES string of the molecule is C=C/C=C\C(C)=N. The van der Waals surface area contributed by atoms with Crippen molar-refractivity contribution in [3.05, 3.63) is 24.8 Å². The predicted molar refractivity (Wildman–Crippen MR) is 32.7 cm³/mol. The maximum absolute atomic E-state index is 6.86. The zero-order chi connectivity index (χ0) is 5.70. The Bertz CT molecular complexity index is 101. The third-order valence-corrected chi connectivity index (χ3v) is 0.482. The second-order valence-electron chi connectivity index (χ2n) is 1.28. The van der Waals surface area contributed by atoms with Crippen LogP contribution in [-0.4, -0.2) is 5.71 Å². The predicted octanol–water partition coefficient (Wildman–Crippen LogP) is 1.77. The second-order valence-corrected chi connectivity index (χ2v) is 1.28. The second kappa shape index (κ2) is 3.34. The summed E-state index contributed by atoms with van der Waals surface area (Å²) < 4.78 is 0. The van der Waals surface area contributed by atoms with Gasteiger partial charge in [0.15, 0.2) is 0 Å². The van der Waals surface area contributed by atoms with Gasteiger partial charge in [0.25, 0.3) is 0 Å². The van der Waals surface area contributed by atoms with Crippen molar-refractivity contribution in [3.8, 4) is 0 Å². The molecule has 1 N–H and O–H groups in total. The van der Waals surface area contributed by atoms with Crippen molar-refractivity contribution in [3.63, 3.8) is 0 Å². The van der Waals surface area contributed by atoms with Crippen LogP contribution < -0.4 is 0 Å². The van der Waals surface area contributed by atoms with Crippen LogP contribution in [0.5, 0.6) is 0 Å². The normalized spacial score (nSPS) is 9.29. The Balaban J connectivity index is 3.46. The van der Waals surface area contributed by atoms with Crippen molar-refractivity contribution < 1.29 is 0 Å². The summed E-state index contributed by atoms with van der Waals surface area (Å²) in [6.07, 6.45) is 5.08. The lowest BCUT2D eigenvalue weighted by atomic mass is 10.4. The molecule has 0 aromatic rings. The maximum atomic E-state index is 6.86. The van der Waals surface area contributed by atoms with Crippen molar-refractivity contribution in [1.29, 1.82) is 5.41 Å². The van der Waals surface area contributed by atoms with E-state index in [9.17, 15) is 0 Å². The van der Waals surface area contributed by atoms with Crippen molar-refractivity contribution in [1.82, 2.24) is 0 Å². The fourth-order valence-corrected chi connectivity index (χ4v) is 0.212. The molecule has 0 rings (SSSR count). The number of hydrogen-bond acceptors (Lipinski definition) is 1. The van der Waals surface area contributed by atoms with Crippen LogP contribution in [0.1, 0.15) is 6.92 Å². The largest absolute Gasteiger partial charge is 0.306 e. The monoisotopic (exact) mass is 95.1 g/mol. The third-order valence-electron chi connectivity index (χ3n) is 0.482. The van der Waals surface area contributed by atoms with Crippen LogP contribution in [0.4, 0.5) is 0 Å². The first kappa shape index (κ1) is 6.15. The Morgan fingerprint density at radius 3 is 2.43 bits per heavy atom. The lowest BCUT2D eigenvalue weighted by Gasteiger charge is -1.74. The average molecular weight is 95.1 g/mol. The first-order valence-corrected chi connectivity index (χ1v) is 2.11. The number of allylic oxidation sites excluding steroid dienone is 3. The highest BCUT2D eigenvalue weighted by Gasteiger charge is 1.68. The van der Waals surface area contributed by atoms with Crippen LogP contribution in [0.2, 0.25) is 0 Å². The molecule has 0 aliphatic heterocycles. The van der Waals surface area contributed by atoms with Gasteiger partial charge in [-0.3, -0.25) is 0 Å². The van der Waals surface area contributed by atoms with Gasteiger partial charge in [-0.05, 0) is 13.0 Å². The molecule has 0 aliphatic carbocycles. The van der Waals surface area contributed by atoms with Crippen LogP contribution in [0.3, 0.4) is 0 Å². The molecule has 0 amide bonds. The summed E-state index contributed by atoms with van der Waals surface area (Å²) in [7, 11) is 0. The molecule has 0 aromatic carbocycles. The highest BCUT2D eigenvalue weighted by Crippen LogP contribution is 1.73. The summed E-state index contributed by atoms with van der Waals surface area (Å²) in [4.78, 5) is 0. The van der Waals surface area contributed by atoms with E-state index in [1.807, 2.05) is 0 Å². The lowest BCUT2D eigenvalue weighted by molar-refractivity contribution is 1.50. The Morgan fingerprint density at radius 2 is 2.29 bits per heavy atom. The van der Waals surface area contributed by atoms with Crippen LogP contribution in [0.15, 0.2) is 24.8 Å². The molecule has 7 heavy (non-hydrogen) atoms. The molecule has 0 spiro atoms. The van der Waals surface area contributed by atoms with Gasteiger partial charge in [0.1, 0.15) is 0 Å². The van der Waals surface area contributed by atoms with Crippen molar-refractivity contribution in [2.45, 2.75) is 6.92 Å². The fourth-order valence-electron chi connectivity index (χ4n) is 0.212. The highest BCUT2D eigenvalue weighted by molar-refractivity contribution is 5.90. The van der Waals surface area contributed by atoms with Gasteiger partial charge in [0.2, 0.25) is 0 Å². The minimum Gasteiger partial charge on any atom is -0.306 e. The average Bonchev–Trinajstić information content (AvgIpc) is 1.61. The zero-order valence-electron chi connectivity index (χ0n) is 4.44. The molecule has 0 radical (unpaired) electrons. The van der Waals surface area contributed by atoms with Gasteiger partial charge in [-0.25, -0.2) is 0 Å². The minimum absolute atomic E-state index is 0.555. The van der Waals surface area contributed by atoms with Crippen LogP contribution >= 0.6 is 0 Å². The number of hydrogen-bond donors (Lipinski definition) is 1. The molecular formula is C6H9N. The lowest BCUT2D eigenvalue weighted by Crippen LogP contribution is -1.74. The Morgan fingerprint density at radius 1 is 1.71 bits per heavy atom. The van der Waals surface area contributed by atoms with Crippen molar-refractivity contribution in [2.75, 3.05) is 0 Å². The summed E-state index contributed by atoms with van der Waals surface area (Å²) in [5.41, 5.74) is 0.555. The zero-order valence-corrected chi connectivity index (χ0v) is 4.44. The third kappa shape index (κ3) is 5.15. The van der Waals surface area contributed by atoms with Crippen LogP contribution in [0, 0.1) is 5.41 Å². The van der Waals surface area contributed by atoms with Gasteiger partial charge in [-0.2, -0.15) is 0 Å². The Kier molecular flexibility index (Phi) is 2.94. The molecule has 0 aliphatic rings. The first-order valence-electron chi connectivity index (χ1n) is 2.11. The molecule has 0 bridgehead atoms. The van der Waals surface area contributed by atoms with Gasteiger partial charge in [0, 0.05) is 5.71 Å². The molecule has 0 aromatic heterocycles. The molecule has 0 fully saturated rings. The van der Waals surface area contributed by atoms with E-state index in [0.29, 0.717) is 5.71 Å². The molecular weight excluding hydrogens is 86.1 g/mol. The van der Waals surface area contributed by atoms with E-state index in [2.05, 4.69) is 6.58 Å². The fraction of sp³-hybridized carbons (Fsp3) is 0.167. The van der Waals surface area contributed by atoms with E-state index in [1.54, 1.807) is 25.2 Å². The van der Waals surface area contributed by atoms with Gasteiger partial charge in [0.05, 0.1) is 0 Å². The molecule has 0 saturated carbocycles. The van der Waals surface area contributed by atoms with E-state index in [0.717, 1.165) is 0 Å². The number of rotatable bonds is 2. The molecule has 0 saturated heterocycles. The van der Waals surface area contributed by atoms with Gasteiger partial charge >= 0.3 is 0 Å². The summed E-state index contributed by atoms with van der Waals surface area (Å²) in [5, 5.41) is 6.86. The summed E-state index contributed by atoms with van der Waals surface area (Å²) in [5.74, 6) is 0. The summed E-state index contributed by atoms with van der Waals surface area (Å²) >= 11 is 0. The Labute approximate surface area is 43.9 Å². The first-order chi connectivity index (χ1) is 3.27. The molecule has 1 nitrogen and oxygen atoms in total. The van der Waals surface area contributed by atoms with E-state index in [1.165, 1.54) is 0 Å². The van der Waals surface area contributed by atoms with E-state index in [-0.39, 0.29) is 0 Å². The van der Waals surface area contributed by atoms with Crippen molar-refractivity contribution >= 4 is 5.71 Å². The van der Waals surface area contributed by atoms with Gasteiger partial charge < -0.3 is 5.41 Å². The van der Waals surface area contributed by atoms with E-state index < -0.39 is 0 Å². The van der Waals surface area contributed by atoms with E-state index >= 15 is 0 Å². The smallest absolute Gasteiger partial charge is 0.0282 e. The van der Waals surface area contributed by atoms with E-state index in [4.69, 9.17) is 5.41 Å². The van der Waals surface area contributed by atoms with Gasteiger partial charge in [-0.15, -0.1) is 0 Å². The molecule has 0 heterocycles. The summed E-state index contributed by atoms with van der Waals surface area (Å²) in [6.45, 7) is 5.17. The van der Waals surface area contributed by atoms with Crippen LogP contribution in [-0.2, 0) is 0 Å². The molecule has 38 valence electrons. The topological polar surface area (TPSA) is 23.9 Å². The highest BCUT2D eigenvalue weighted by atomic mass is 14.4. The standard InChI is InChI=1S/C6H9N/c1-3-4-5-6(2)7/h3-5,7H,1H2,2H3/b5-4-,7-6?. The minimum atomic E-state index is 0.555.